The molecule has 436 valence electrons. The molecule has 26 heteroatoms. The number of nitrogens with one attached hydrogen (secondary N) is 5. The molecule has 2 heterocycles. The maximum Gasteiger partial charge on any atom is 0.317 e. The Morgan fingerprint density at radius 3 is 1.09 bits per heavy atom. The highest BCUT2D eigenvalue weighted by Crippen LogP contribution is 2.20. The molecule has 0 bridgehead atoms. The van der Waals surface area contributed by atoms with Crippen LogP contribution in [0.5, 0.6) is 0 Å². The molecule has 5 atom stereocenters. The lowest BCUT2D eigenvalue weighted by molar-refractivity contribution is -0.236. The van der Waals surface area contributed by atoms with Gasteiger partial charge in [-0.05, 0) is 12.8 Å². The van der Waals surface area contributed by atoms with Gasteiger partial charge in [0.1, 0.15) is 30.2 Å². The molecule has 0 aromatic rings. The highest BCUT2D eigenvalue weighted by atomic mass is 16.6. The Kier molecular flexibility index (Phi) is 35.6. The minimum Gasteiger partial charge on any atom is -0.480 e. The minimum atomic E-state index is -1.53. The standard InChI is InChI=1S/C50H89N9O17/c60-36-38-47(73)48(74)49(75)50(76-38)55-40(63)18-16-14-12-10-8-6-4-2-1-3-5-7-9-11-13-15-17-39(62)52-30-42(65)54-31-43(66)53-29-41(64)51-20-19-37(61)32-56-21-23-57(33-44(67)68)25-27-59(35-46(71)72)28-26-58(24-22-56)34-45(69)70/h38,47-50,60,73-75H,1-36H2,(H,51,64)(H,52,62)(H,53,66)(H,54,65)(H,55,63)(H,67,68)(H,69,70)(H,71,72)/t38-,47-,48+,49-,50-/m1/s1. The molecular weight excluding hydrogens is 999 g/mol. The van der Waals surface area contributed by atoms with Crippen molar-refractivity contribution >= 4 is 53.2 Å². The molecule has 0 spiro atoms. The summed E-state index contributed by atoms with van der Waals surface area (Å²) in [4.78, 5) is 115. The molecule has 2 saturated heterocycles. The van der Waals surface area contributed by atoms with Gasteiger partial charge >= 0.3 is 17.9 Å². The van der Waals surface area contributed by atoms with Gasteiger partial charge in [0, 0.05) is 78.2 Å². The Morgan fingerprint density at radius 2 is 0.724 bits per heavy atom. The van der Waals surface area contributed by atoms with Crippen LogP contribution in [-0.2, 0) is 47.9 Å². The fourth-order valence-electron chi connectivity index (χ4n) is 8.76. The maximum absolute atomic E-state index is 12.9. The number of aliphatic hydroxyl groups is 4. The van der Waals surface area contributed by atoms with Crippen molar-refractivity contribution in [3.05, 3.63) is 0 Å². The fourth-order valence-corrected chi connectivity index (χ4v) is 8.76. The van der Waals surface area contributed by atoms with E-state index in [1.54, 1.807) is 19.6 Å². The van der Waals surface area contributed by atoms with Gasteiger partial charge in [0.25, 0.3) is 0 Å². The average Bonchev–Trinajstić information content (AvgIpc) is 3.36. The smallest absolute Gasteiger partial charge is 0.317 e. The number of carboxylic acid groups (broad SMARTS) is 3. The van der Waals surface area contributed by atoms with Crippen LogP contribution < -0.4 is 26.6 Å². The van der Waals surface area contributed by atoms with Gasteiger partial charge in [-0.1, -0.05) is 89.9 Å². The second-order valence-corrected chi connectivity index (χ2v) is 19.7. The quantitative estimate of drug-likeness (QED) is 0.0293. The number of nitrogens with zero attached hydrogens (tertiary/aromatic N) is 4. The molecule has 26 nitrogen and oxygen atoms in total. The molecule has 0 unspecified atom stereocenters. The summed E-state index contributed by atoms with van der Waals surface area (Å²) < 4.78 is 5.31. The van der Waals surface area contributed by atoms with Crippen molar-refractivity contribution < 1.29 is 83.6 Å². The number of hydrogen-bond acceptors (Lipinski definition) is 18. The molecule has 0 aliphatic carbocycles. The molecule has 0 radical (unpaired) electrons. The highest BCUT2D eigenvalue weighted by Gasteiger charge is 2.44. The van der Waals surface area contributed by atoms with E-state index < -0.39 is 86.0 Å². The lowest BCUT2D eigenvalue weighted by atomic mass is 9.98. The number of carbonyl (C=O) groups excluding carboxylic acids is 6. The van der Waals surface area contributed by atoms with Crippen molar-refractivity contribution in [3.8, 4) is 0 Å². The zero-order chi connectivity index (χ0) is 56.1. The first-order chi connectivity index (χ1) is 36.4. The van der Waals surface area contributed by atoms with Crippen LogP contribution in [0.15, 0.2) is 0 Å². The van der Waals surface area contributed by atoms with Gasteiger partial charge in [-0.25, -0.2) is 0 Å². The topological polar surface area (TPSA) is 378 Å². The Bertz CT molecular complexity index is 1730. The molecule has 2 aliphatic heterocycles. The number of unbranched alkanes of at least 4 members (excludes halogenated alkanes) is 15. The van der Waals surface area contributed by atoms with E-state index >= 15 is 0 Å². The van der Waals surface area contributed by atoms with Gasteiger partial charge in [0.05, 0.1) is 52.4 Å². The van der Waals surface area contributed by atoms with Crippen LogP contribution in [0.3, 0.4) is 0 Å². The van der Waals surface area contributed by atoms with Crippen LogP contribution in [0, 0.1) is 0 Å². The van der Waals surface area contributed by atoms with Gasteiger partial charge < -0.3 is 67.1 Å². The molecule has 5 amide bonds. The number of rotatable bonds is 38. The number of Topliss-reactive ketones (excluding diaryl/α,β-unsaturated/α-hetero) is 1. The summed E-state index contributed by atoms with van der Waals surface area (Å²) in [5.41, 5.74) is 0. The third-order valence-corrected chi connectivity index (χ3v) is 13.2. The summed E-state index contributed by atoms with van der Waals surface area (Å²) >= 11 is 0. The molecule has 0 saturated carbocycles. The van der Waals surface area contributed by atoms with Crippen LogP contribution in [0.25, 0.3) is 0 Å². The van der Waals surface area contributed by atoms with Crippen LogP contribution >= 0.6 is 0 Å². The van der Waals surface area contributed by atoms with Crippen LogP contribution in [0.1, 0.15) is 122 Å². The van der Waals surface area contributed by atoms with E-state index in [9.17, 15) is 78.9 Å². The number of amides is 5. The van der Waals surface area contributed by atoms with Crippen molar-refractivity contribution in [2.24, 2.45) is 0 Å². The molecule has 12 N–H and O–H groups in total. The summed E-state index contributed by atoms with van der Waals surface area (Å²) in [7, 11) is 0. The van der Waals surface area contributed by atoms with Gasteiger partial charge in [0.15, 0.2) is 6.23 Å². The minimum absolute atomic E-state index is 0.0277. The zero-order valence-corrected chi connectivity index (χ0v) is 44.3. The van der Waals surface area contributed by atoms with E-state index in [1.807, 2.05) is 0 Å². The van der Waals surface area contributed by atoms with Crippen molar-refractivity contribution in [1.82, 2.24) is 46.2 Å². The maximum atomic E-state index is 12.9. The largest absolute Gasteiger partial charge is 0.480 e. The number of aliphatic hydroxyl groups excluding tert-OH is 4. The van der Waals surface area contributed by atoms with Gasteiger partial charge in [-0.2, -0.15) is 0 Å². The van der Waals surface area contributed by atoms with Crippen molar-refractivity contribution in [1.29, 1.82) is 0 Å². The summed E-state index contributed by atoms with van der Waals surface area (Å²) in [5, 5.41) is 79.6. The number of hydrogen-bond donors (Lipinski definition) is 12. The number of carbonyl (C=O) groups is 9. The molecule has 76 heavy (non-hydrogen) atoms. The van der Waals surface area contributed by atoms with E-state index in [1.165, 1.54) is 38.5 Å². The first-order valence-corrected chi connectivity index (χ1v) is 27.1. The SMILES string of the molecule is O=C(O)CN1CCN(CC(=O)O)CCN(CC(=O)CCNC(=O)CNC(=O)CNC(=O)CNC(=O)CCCCCCCCCCCCCCCCCCC(=O)N[C@@H]2O[C@H](CO)[C@@H](O)[C@H](O)[C@H]2O)CCN(CC(=O)O)CC1. The first kappa shape index (κ1) is 67.2. The van der Waals surface area contributed by atoms with E-state index in [2.05, 4.69) is 26.6 Å². The van der Waals surface area contributed by atoms with Gasteiger partial charge in [-0.3, -0.25) is 62.8 Å². The predicted octanol–water partition coefficient (Wildman–Crippen LogP) is -2.18. The van der Waals surface area contributed by atoms with Crippen molar-refractivity contribution in [2.75, 3.05) is 111 Å². The molecule has 0 aromatic carbocycles. The Labute approximate surface area is 446 Å². The monoisotopic (exact) mass is 1090 g/mol. The van der Waals surface area contributed by atoms with Gasteiger partial charge in [0.2, 0.25) is 29.5 Å². The first-order valence-electron chi connectivity index (χ1n) is 27.1. The summed E-state index contributed by atoms with van der Waals surface area (Å²) in [6, 6.07) is 0. The lowest BCUT2D eigenvalue weighted by Crippen LogP contribution is -2.63. The summed E-state index contributed by atoms with van der Waals surface area (Å²) in [6.07, 6.45) is 10.7. The lowest BCUT2D eigenvalue weighted by Gasteiger charge is -2.40. The van der Waals surface area contributed by atoms with E-state index in [-0.39, 0.29) is 128 Å². The Hall–Kier alpha value is -4.93. The summed E-state index contributed by atoms with van der Waals surface area (Å²) in [6.45, 7) is -0.575. The van der Waals surface area contributed by atoms with Gasteiger partial charge in [-0.15, -0.1) is 0 Å². The van der Waals surface area contributed by atoms with Crippen LogP contribution in [0.2, 0.25) is 0 Å². The number of aliphatic carboxylic acids is 3. The van der Waals surface area contributed by atoms with Crippen LogP contribution in [-0.4, -0.2) is 251 Å². The van der Waals surface area contributed by atoms with Crippen molar-refractivity contribution in [2.45, 2.75) is 153 Å². The molecule has 0 aromatic heterocycles. The third kappa shape index (κ3) is 32.6. The molecule has 2 fully saturated rings. The van der Waals surface area contributed by atoms with Crippen LogP contribution in [0.4, 0.5) is 0 Å². The molecule has 2 rings (SSSR count). The highest BCUT2D eigenvalue weighted by molar-refractivity contribution is 5.90. The van der Waals surface area contributed by atoms with E-state index in [0.29, 0.717) is 12.8 Å². The molecular formula is C50H89N9O17. The average molecular weight is 1090 g/mol. The van der Waals surface area contributed by atoms with Crippen molar-refractivity contribution in [3.63, 3.8) is 0 Å². The normalized spacial score (nSPS) is 20.3. The number of carboxylic acids is 3. The predicted molar refractivity (Wildman–Crippen MR) is 275 cm³/mol. The molecule has 2 aliphatic rings. The van der Waals surface area contributed by atoms with E-state index in [4.69, 9.17) is 4.74 Å². The zero-order valence-electron chi connectivity index (χ0n) is 44.3. The Morgan fingerprint density at radius 1 is 0.395 bits per heavy atom. The number of ketones is 1. The summed E-state index contributed by atoms with van der Waals surface area (Å²) in [5.74, 6) is -5.77. The number of ether oxygens (including phenoxy) is 1. The van der Waals surface area contributed by atoms with E-state index in [0.717, 1.165) is 51.4 Å². The fraction of sp³-hybridized carbons (Fsp3) is 0.820. The Balaban J connectivity index is 1.45. The second-order valence-electron chi connectivity index (χ2n) is 19.7. The second kappa shape index (κ2) is 40.3. The third-order valence-electron chi connectivity index (χ3n) is 13.2.